The van der Waals surface area contributed by atoms with Crippen molar-refractivity contribution in [3.63, 3.8) is 0 Å². The Balaban J connectivity index is 1.38. The second-order valence-electron chi connectivity index (χ2n) is 9.10. The minimum absolute atomic E-state index is 0.0349. The average molecular weight is 437 g/mol. The van der Waals surface area contributed by atoms with Gasteiger partial charge in [-0.1, -0.05) is 62.4 Å². The summed E-state index contributed by atoms with van der Waals surface area (Å²) < 4.78 is 5.45. The van der Waals surface area contributed by atoms with Crippen LogP contribution >= 0.6 is 0 Å². The van der Waals surface area contributed by atoms with Crippen LogP contribution in [0.25, 0.3) is 11.1 Å². The van der Waals surface area contributed by atoms with Crippen molar-refractivity contribution >= 4 is 18.0 Å². The van der Waals surface area contributed by atoms with Gasteiger partial charge >= 0.3 is 12.1 Å². The molecule has 0 bridgehead atoms. The highest BCUT2D eigenvalue weighted by Gasteiger charge is 2.46. The topological polar surface area (TPSA) is 105 Å². The van der Waals surface area contributed by atoms with E-state index in [4.69, 9.17) is 4.74 Å². The lowest BCUT2D eigenvalue weighted by atomic mass is 9.98. The second-order valence-corrected chi connectivity index (χ2v) is 9.10. The Morgan fingerprint density at radius 1 is 1.09 bits per heavy atom. The van der Waals surface area contributed by atoms with Gasteiger partial charge in [0.15, 0.2) is 0 Å². The van der Waals surface area contributed by atoms with E-state index in [2.05, 4.69) is 24.5 Å². The number of ether oxygens (including phenoxy) is 1. The number of carboxylic acids is 1. The normalized spacial score (nSPS) is 21.8. The molecule has 3 unspecified atom stereocenters. The van der Waals surface area contributed by atoms with Gasteiger partial charge in [0.25, 0.3) is 0 Å². The van der Waals surface area contributed by atoms with Gasteiger partial charge in [-0.25, -0.2) is 4.79 Å². The molecular formula is C25H28N2O5. The van der Waals surface area contributed by atoms with Gasteiger partial charge in [0, 0.05) is 12.5 Å². The zero-order valence-electron chi connectivity index (χ0n) is 18.3. The molecule has 2 aliphatic rings. The maximum atomic E-state index is 12.5. The van der Waals surface area contributed by atoms with Crippen molar-refractivity contribution in [3.05, 3.63) is 59.7 Å². The van der Waals surface area contributed by atoms with Crippen LogP contribution < -0.4 is 10.6 Å². The SMILES string of the molecule is CC1CC1(C)CNC(=O)C(CC(=O)O)NC(=O)OCC1c2ccccc2-c2ccccc21. The molecule has 1 saturated carbocycles. The number of carbonyl (C=O) groups excluding carboxylic acids is 2. The number of aliphatic carboxylic acids is 1. The van der Waals surface area contributed by atoms with Gasteiger partial charge in [-0.2, -0.15) is 0 Å². The maximum Gasteiger partial charge on any atom is 0.407 e. The number of nitrogens with one attached hydrogen (secondary N) is 2. The van der Waals surface area contributed by atoms with Crippen molar-refractivity contribution in [1.29, 1.82) is 0 Å². The van der Waals surface area contributed by atoms with Crippen molar-refractivity contribution in [2.24, 2.45) is 11.3 Å². The lowest BCUT2D eigenvalue weighted by molar-refractivity contribution is -0.139. The molecule has 0 aliphatic heterocycles. The third-order valence-corrected chi connectivity index (χ3v) is 6.80. The van der Waals surface area contributed by atoms with E-state index in [9.17, 15) is 19.5 Å². The number of fused-ring (bicyclic) bond motifs is 3. The zero-order chi connectivity index (χ0) is 22.9. The molecule has 4 rings (SSSR count). The molecule has 2 aromatic rings. The van der Waals surface area contributed by atoms with Gasteiger partial charge in [0.1, 0.15) is 12.6 Å². The van der Waals surface area contributed by atoms with Gasteiger partial charge in [0.05, 0.1) is 6.42 Å². The molecular weight excluding hydrogens is 408 g/mol. The number of hydrogen-bond donors (Lipinski definition) is 3. The summed E-state index contributed by atoms with van der Waals surface area (Å²) in [6.45, 7) is 4.73. The van der Waals surface area contributed by atoms with Crippen molar-refractivity contribution in [2.75, 3.05) is 13.2 Å². The summed E-state index contributed by atoms with van der Waals surface area (Å²) in [6.07, 6.45) is -0.307. The minimum Gasteiger partial charge on any atom is -0.481 e. The summed E-state index contributed by atoms with van der Waals surface area (Å²) in [5.74, 6) is -1.29. The van der Waals surface area contributed by atoms with Crippen molar-refractivity contribution in [2.45, 2.75) is 38.6 Å². The van der Waals surface area contributed by atoms with Crippen LogP contribution in [0, 0.1) is 11.3 Å². The highest BCUT2D eigenvalue weighted by Crippen LogP contribution is 2.51. The molecule has 168 valence electrons. The van der Waals surface area contributed by atoms with Crippen molar-refractivity contribution in [1.82, 2.24) is 10.6 Å². The largest absolute Gasteiger partial charge is 0.481 e. The minimum atomic E-state index is -1.19. The first-order valence-electron chi connectivity index (χ1n) is 10.9. The number of carboxylic acid groups (broad SMARTS) is 1. The zero-order valence-corrected chi connectivity index (χ0v) is 18.3. The summed E-state index contributed by atoms with van der Waals surface area (Å²) >= 11 is 0. The highest BCUT2D eigenvalue weighted by molar-refractivity contribution is 5.89. The molecule has 32 heavy (non-hydrogen) atoms. The van der Waals surface area contributed by atoms with Gasteiger partial charge in [0.2, 0.25) is 5.91 Å². The second kappa shape index (κ2) is 8.65. The number of carbonyl (C=O) groups is 3. The Kier molecular flexibility index (Phi) is 5.91. The van der Waals surface area contributed by atoms with E-state index in [-0.39, 0.29) is 17.9 Å². The quantitative estimate of drug-likeness (QED) is 0.587. The van der Waals surface area contributed by atoms with E-state index in [1.165, 1.54) is 0 Å². The molecule has 0 radical (unpaired) electrons. The van der Waals surface area contributed by atoms with Gasteiger partial charge in [-0.15, -0.1) is 0 Å². The van der Waals surface area contributed by atoms with Crippen LogP contribution in [0.2, 0.25) is 0 Å². The third-order valence-electron chi connectivity index (χ3n) is 6.80. The van der Waals surface area contributed by atoms with Crippen molar-refractivity contribution < 1.29 is 24.2 Å². The molecule has 1 fully saturated rings. The first-order valence-corrected chi connectivity index (χ1v) is 10.9. The van der Waals surface area contributed by atoms with E-state index in [0.29, 0.717) is 12.5 Å². The molecule has 2 aliphatic carbocycles. The Labute approximate surface area is 187 Å². The van der Waals surface area contributed by atoms with E-state index in [1.54, 1.807) is 0 Å². The number of alkyl carbamates (subject to hydrolysis) is 1. The van der Waals surface area contributed by atoms with Crippen LogP contribution in [0.3, 0.4) is 0 Å². The molecule has 0 aromatic heterocycles. The van der Waals surface area contributed by atoms with Gasteiger partial charge in [-0.05, 0) is 40.0 Å². The van der Waals surface area contributed by atoms with E-state index >= 15 is 0 Å². The summed E-state index contributed by atoms with van der Waals surface area (Å²) in [4.78, 5) is 36.2. The van der Waals surface area contributed by atoms with Crippen LogP contribution in [0.15, 0.2) is 48.5 Å². The van der Waals surface area contributed by atoms with E-state index in [1.807, 2.05) is 48.5 Å². The molecule has 7 nitrogen and oxygen atoms in total. The molecule has 7 heteroatoms. The lowest BCUT2D eigenvalue weighted by Gasteiger charge is -2.20. The Morgan fingerprint density at radius 3 is 2.19 bits per heavy atom. The van der Waals surface area contributed by atoms with Crippen LogP contribution in [0.4, 0.5) is 4.79 Å². The smallest absolute Gasteiger partial charge is 0.407 e. The van der Waals surface area contributed by atoms with Crippen LogP contribution in [0.1, 0.15) is 43.7 Å². The number of hydrogen-bond acceptors (Lipinski definition) is 4. The van der Waals surface area contributed by atoms with Crippen LogP contribution in [-0.4, -0.2) is 42.3 Å². The molecule has 3 atom stereocenters. The lowest BCUT2D eigenvalue weighted by Crippen LogP contribution is -2.49. The Morgan fingerprint density at radius 2 is 1.66 bits per heavy atom. The number of amides is 2. The molecule has 0 spiro atoms. The Bertz CT molecular complexity index is 1010. The Hall–Kier alpha value is -3.35. The highest BCUT2D eigenvalue weighted by atomic mass is 16.5. The summed E-state index contributed by atoms with van der Waals surface area (Å²) in [6, 6.07) is 14.8. The first kappa shape index (κ1) is 21.9. The summed E-state index contributed by atoms with van der Waals surface area (Å²) in [7, 11) is 0. The first-order chi connectivity index (χ1) is 15.3. The fourth-order valence-corrected chi connectivity index (χ4v) is 4.47. The third kappa shape index (κ3) is 4.47. The maximum absolute atomic E-state index is 12.5. The number of rotatable bonds is 8. The molecule has 0 heterocycles. The monoisotopic (exact) mass is 436 g/mol. The molecule has 0 saturated heterocycles. The van der Waals surface area contributed by atoms with Crippen LogP contribution in [0.5, 0.6) is 0 Å². The van der Waals surface area contributed by atoms with E-state index in [0.717, 1.165) is 28.7 Å². The fourth-order valence-electron chi connectivity index (χ4n) is 4.47. The van der Waals surface area contributed by atoms with E-state index < -0.39 is 30.4 Å². The van der Waals surface area contributed by atoms with Gasteiger partial charge in [-0.3, -0.25) is 9.59 Å². The predicted octanol–water partition coefficient (Wildman–Crippen LogP) is 3.53. The van der Waals surface area contributed by atoms with Gasteiger partial charge < -0.3 is 20.5 Å². The van der Waals surface area contributed by atoms with Crippen LogP contribution in [-0.2, 0) is 14.3 Å². The molecule has 3 N–H and O–H groups in total. The fraction of sp³-hybridized carbons (Fsp3) is 0.400. The van der Waals surface area contributed by atoms with Crippen molar-refractivity contribution in [3.8, 4) is 11.1 Å². The summed E-state index contributed by atoms with van der Waals surface area (Å²) in [5.41, 5.74) is 4.42. The molecule has 2 amide bonds. The standard InChI is InChI=1S/C25H28N2O5/c1-15-12-25(15,2)14-26-23(30)21(11-22(28)29)27-24(31)32-13-20-18-9-5-3-7-16(18)17-8-4-6-10-19(17)20/h3-10,15,20-21H,11-14H2,1-2H3,(H,26,30)(H,27,31)(H,28,29). The average Bonchev–Trinajstić information content (AvgIpc) is 3.24. The predicted molar refractivity (Wildman–Crippen MR) is 119 cm³/mol. The molecule has 2 aromatic carbocycles. The summed E-state index contributed by atoms with van der Waals surface area (Å²) in [5, 5.41) is 14.4. The number of benzene rings is 2.